The molecule has 0 spiro atoms. The molecule has 7 heteroatoms. The van der Waals surface area contributed by atoms with E-state index in [2.05, 4.69) is 4.98 Å². The smallest absolute Gasteiger partial charge is 0.238 e. The van der Waals surface area contributed by atoms with Gasteiger partial charge in [-0.15, -0.1) is 0 Å². The van der Waals surface area contributed by atoms with Gasteiger partial charge >= 0.3 is 0 Å². The number of hydrogen-bond donors (Lipinski definition) is 2. The number of carbonyl (C=O) groups is 1. The standard InChI is InChI=1S/C19H21N3O3S/c1-13(14-7-9-16(10-8-14)26(20,24)25)22(2)19(23)11-15-12-21-18-6-4-3-5-17(15)18/h3-10,12-13,21H,11H2,1-2H3,(H2,20,24,25). The number of rotatable bonds is 5. The summed E-state index contributed by atoms with van der Waals surface area (Å²) in [5.74, 6) is -0.0159. The molecule has 0 aliphatic rings. The number of H-pyrrole nitrogens is 1. The number of benzene rings is 2. The SMILES string of the molecule is CC(c1ccc(S(N)(=O)=O)cc1)N(C)C(=O)Cc1c[nH]c2ccccc12. The van der Waals surface area contributed by atoms with E-state index < -0.39 is 10.0 Å². The van der Waals surface area contributed by atoms with E-state index in [0.29, 0.717) is 6.42 Å². The fourth-order valence-electron chi connectivity index (χ4n) is 2.94. The number of primary sulfonamides is 1. The second-order valence-corrected chi connectivity index (χ2v) is 7.89. The number of aromatic nitrogens is 1. The van der Waals surface area contributed by atoms with Crippen molar-refractivity contribution in [3.63, 3.8) is 0 Å². The van der Waals surface area contributed by atoms with Crippen molar-refractivity contribution in [2.75, 3.05) is 7.05 Å². The number of aromatic amines is 1. The Morgan fingerprint density at radius 3 is 2.46 bits per heavy atom. The lowest BCUT2D eigenvalue weighted by molar-refractivity contribution is -0.131. The third-order valence-electron chi connectivity index (χ3n) is 4.68. The lowest BCUT2D eigenvalue weighted by Gasteiger charge is -2.25. The summed E-state index contributed by atoms with van der Waals surface area (Å²) >= 11 is 0. The van der Waals surface area contributed by atoms with Crippen LogP contribution in [0.15, 0.2) is 59.6 Å². The number of nitrogens with zero attached hydrogens (tertiary/aromatic N) is 1. The first-order chi connectivity index (χ1) is 12.3. The zero-order valence-electron chi connectivity index (χ0n) is 14.6. The van der Waals surface area contributed by atoms with Crippen molar-refractivity contribution < 1.29 is 13.2 Å². The number of amides is 1. The molecular weight excluding hydrogens is 350 g/mol. The van der Waals surface area contributed by atoms with E-state index in [1.54, 1.807) is 24.1 Å². The van der Waals surface area contributed by atoms with E-state index in [-0.39, 0.29) is 16.8 Å². The van der Waals surface area contributed by atoms with Crippen molar-refractivity contribution in [3.8, 4) is 0 Å². The van der Waals surface area contributed by atoms with Crippen molar-refractivity contribution in [2.24, 2.45) is 5.14 Å². The van der Waals surface area contributed by atoms with Crippen molar-refractivity contribution in [1.29, 1.82) is 0 Å². The van der Waals surface area contributed by atoms with Crippen LogP contribution in [-0.4, -0.2) is 31.3 Å². The number of hydrogen-bond acceptors (Lipinski definition) is 3. The maximum atomic E-state index is 12.7. The van der Waals surface area contributed by atoms with Crippen LogP contribution in [0.3, 0.4) is 0 Å². The Labute approximate surface area is 152 Å². The Hall–Kier alpha value is -2.64. The highest BCUT2D eigenvalue weighted by atomic mass is 32.2. The number of fused-ring (bicyclic) bond motifs is 1. The van der Waals surface area contributed by atoms with Crippen LogP contribution in [0.2, 0.25) is 0 Å². The maximum absolute atomic E-state index is 12.7. The largest absolute Gasteiger partial charge is 0.361 e. The molecule has 1 atom stereocenters. The number of carbonyl (C=O) groups excluding carboxylic acids is 1. The predicted molar refractivity (Wildman–Crippen MR) is 101 cm³/mol. The highest BCUT2D eigenvalue weighted by molar-refractivity contribution is 7.89. The van der Waals surface area contributed by atoms with Crippen molar-refractivity contribution in [2.45, 2.75) is 24.3 Å². The summed E-state index contributed by atoms with van der Waals surface area (Å²) in [5, 5.41) is 6.16. The molecule has 0 saturated heterocycles. The molecular formula is C19H21N3O3S. The lowest BCUT2D eigenvalue weighted by Crippen LogP contribution is -2.31. The van der Waals surface area contributed by atoms with Crippen LogP contribution in [-0.2, 0) is 21.2 Å². The van der Waals surface area contributed by atoms with Gasteiger partial charge in [0.15, 0.2) is 0 Å². The minimum Gasteiger partial charge on any atom is -0.361 e. The van der Waals surface area contributed by atoms with Gasteiger partial charge < -0.3 is 9.88 Å². The second kappa shape index (κ2) is 6.93. The zero-order valence-corrected chi connectivity index (χ0v) is 15.5. The molecule has 0 aliphatic carbocycles. The number of likely N-dealkylation sites (N-methyl/N-ethyl adjacent to an activating group) is 1. The first kappa shape index (κ1) is 18.2. The van der Waals surface area contributed by atoms with Gasteiger partial charge in [-0.05, 0) is 36.2 Å². The molecule has 3 rings (SSSR count). The van der Waals surface area contributed by atoms with Crippen LogP contribution in [0.4, 0.5) is 0 Å². The number of nitrogens with two attached hydrogens (primary N) is 1. The van der Waals surface area contributed by atoms with Crippen molar-refractivity contribution in [3.05, 3.63) is 65.9 Å². The Morgan fingerprint density at radius 1 is 1.15 bits per heavy atom. The highest BCUT2D eigenvalue weighted by Gasteiger charge is 2.19. The van der Waals surface area contributed by atoms with E-state index in [4.69, 9.17) is 5.14 Å². The number of nitrogens with one attached hydrogen (secondary N) is 1. The Morgan fingerprint density at radius 2 is 1.81 bits per heavy atom. The van der Waals surface area contributed by atoms with E-state index in [9.17, 15) is 13.2 Å². The Kier molecular flexibility index (Phi) is 4.84. The Balaban J connectivity index is 1.75. The summed E-state index contributed by atoms with van der Waals surface area (Å²) in [6.07, 6.45) is 2.15. The number of para-hydroxylation sites is 1. The van der Waals surface area contributed by atoms with Gasteiger partial charge in [-0.1, -0.05) is 30.3 Å². The van der Waals surface area contributed by atoms with Crippen LogP contribution in [0, 0.1) is 0 Å². The van der Waals surface area contributed by atoms with Gasteiger partial charge in [0, 0.05) is 24.1 Å². The summed E-state index contributed by atoms with van der Waals surface area (Å²) in [6.45, 7) is 1.90. The van der Waals surface area contributed by atoms with E-state index >= 15 is 0 Å². The van der Waals surface area contributed by atoms with Gasteiger partial charge in [-0.2, -0.15) is 0 Å². The monoisotopic (exact) mass is 371 g/mol. The van der Waals surface area contributed by atoms with Crippen LogP contribution in [0.1, 0.15) is 24.1 Å². The minimum absolute atomic E-state index is 0.0159. The van der Waals surface area contributed by atoms with Gasteiger partial charge in [-0.25, -0.2) is 13.6 Å². The van der Waals surface area contributed by atoms with Crippen molar-refractivity contribution >= 4 is 26.8 Å². The van der Waals surface area contributed by atoms with Crippen LogP contribution >= 0.6 is 0 Å². The molecule has 0 saturated carbocycles. The molecule has 26 heavy (non-hydrogen) atoms. The van der Waals surface area contributed by atoms with Crippen LogP contribution < -0.4 is 5.14 Å². The normalized spacial score (nSPS) is 12.9. The average Bonchev–Trinajstić information content (AvgIpc) is 3.03. The molecule has 3 N–H and O–H groups in total. The number of sulfonamides is 1. The molecule has 136 valence electrons. The third-order valence-corrected chi connectivity index (χ3v) is 5.61. The van der Waals surface area contributed by atoms with Gasteiger partial charge in [-0.3, -0.25) is 4.79 Å². The fourth-order valence-corrected chi connectivity index (χ4v) is 3.46. The molecule has 6 nitrogen and oxygen atoms in total. The molecule has 1 amide bonds. The Bertz CT molecular complexity index is 1040. The fraction of sp³-hybridized carbons (Fsp3) is 0.211. The molecule has 2 aromatic carbocycles. The topological polar surface area (TPSA) is 96.3 Å². The molecule has 1 heterocycles. The molecule has 3 aromatic rings. The molecule has 0 radical (unpaired) electrons. The maximum Gasteiger partial charge on any atom is 0.238 e. The first-order valence-electron chi connectivity index (χ1n) is 8.21. The molecule has 1 unspecified atom stereocenters. The molecule has 1 aromatic heterocycles. The summed E-state index contributed by atoms with van der Waals surface area (Å²) in [4.78, 5) is 17.6. The molecule has 0 fully saturated rings. The van der Waals surface area contributed by atoms with E-state index in [1.165, 1.54) is 12.1 Å². The first-order valence-corrected chi connectivity index (χ1v) is 9.75. The van der Waals surface area contributed by atoms with Gasteiger partial charge in [0.25, 0.3) is 0 Å². The minimum atomic E-state index is -3.72. The predicted octanol–water partition coefficient (Wildman–Crippen LogP) is 2.58. The summed E-state index contributed by atoms with van der Waals surface area (Å²) < 4.78 is 22.7. The highest BCUT2D eigenvalue weighted by Crippen LogP contribution is 2.23. The van der Waals surface area contributed by atoms with Crippen molar-refractivity contribution in [1.82, 2.24) is 9.88 Å². The summed E-state index contributed by atoms with van der Waals surface area (Å²) in [6, 6.07) is 13.9. The molecule has 0 bridgehead atoms. The van der Waals surface area contributed by atoms with Gasteiger partial charge in [0.2, 0.25) is 15.9 Å². The molecule has 0 aliphatic heterocycles. The van der Waals surface area contributed by atoms with E-state index in [1.807, 2.05) is 37.4 Å². The van der Waals surface area contributed by atoms with E-state index in [0.717, 1.165) is 22.0 Å². The second-order valence-electron chi connectivity index (χ2n) is 6.33. The average molecular weight is 371 g/mol. The quantitative estimate of drug-likeness (QED) is 0.721. The van der Waals surface area contributed by atoms with Gasteiger partial charge in [0.05, 0.1) is 17.4 Å². The zero-order chi connectivity index (χ0) is 18.9. The van der Waals surface area contributed by atoms with Gasteiger partial charge in [0.1, 0.15) is 0 Å². The summed E-state index contributed by atoms with van der Waals surface area (Å²) in [5.41, 5.74) is 2.80. The summed E-state index contributed by atoms with van der Waals surface area (Å²) in [7, 11) is -1.98. The third kappa shape index (κ3) is 3.63. The lowest BCUT2D eigenvalue weighted by atomic mass is 10.1. The van der Waals surface area contributed by atoms with Crippen LogP contribution in [0.5, 0.6) is 0 Å². The van der Waals surface area contributed by atoms with Crippen LogP contribution in [0.25, 0.3) is 10.9 Å².